The summed E-state index contributed by atoms with van der Waals surface area (Å²) >= 11 is 0. The van der Waals surface area contributed by atoms with E-state index in [0.29, 0.717) is 31.1 Å². The van der Waals surface area contributed by atoms with Crippen LogP contribution in [0.15, 0.2) is 29.2 Å². The van der Waals surface area contributed by atoms with E-state index in [0.717, 1.165) is 12.8 Å². The zero-order valence-electron chi connectivity index (χ0n) is 14.1. The normalized spacial score (nSPS) is 17.8. The molecule has 1 aromatic carbocycles. The number of halogens is 1. The van der Waals surface area contributed by atoms with Crippen LogP contribution in [0.1, 0.15) is 37.0 Å². The Bertz CT molecular complexity index is 641. The molecule has 1 aromatic rings. The number of amides is 1. The lowest BCUT2D eigenvalue weighted by Gasteiger charge is -2.29. The van der Waals surface area contributed by atoms with E-state index in [1.165, 1.54) is 28.6 Å². The van der Waals surface area contributed by atoms with Crippen molar-refractivity contribution in [2.45, 2.75) is 37.6 Å². The number of carbonyl (C=O) groups excluding carboxylic acids is 1. The molecule has 136 valence electrons. The molecule has 1 heterocycles. The lowest BCUT2D eigenvalue weighted by Crippen LogP contribution is -2.38. The second-order valence-electron chi connectivity index (χ2n) is 6.22. The summed E-state index contributed by atoms with van der Waals surface area (Å²) in [5.41, 5.74) is 5.90. The first-order chi connectivity index (χ1) is 10.8. The number of carbonyl (C=O) groups is 1. The zero-order chi connectivity index (χ0) is 17.0. The molecule has 1 aliphatic rings. The van der Waals surface area contributed by atoms with Crippen LogP contribution < -0.4 is 11.1 Å². The van der Waals surface area contributed by atoms with Gasteiger partial charge in [-0.3, -0.25) is 4.79 Å². The monoisotopic (exact) mass is 375 g/mol. The van der Waals surface area contributed by atoms with Gasteiger partial charge in [0.25, 0.3) is 5.91 Å². The average Bonchev–Trinajstić information content (AvgIpc) is 2.55. The molecular formula is C16H26ClN3O3S. The van der Waals surface area contributed by atoms with Crippen molar-refractivity contribution < 1.29 is 13.2 Å². The van der Waals surface area contributed by atoms with Crippen LogP contribution in [0.25, 0.3) is 0 Å². The summed E-state index contributed by atoms with van der Waals surface area (Å²) in [4.78, 5) is 12.2. The van der Waals surface area contributed by atoms with E-state index in [4.69, 9.17) is 5.73 Å². The van der Waals surface area contributed by atoms with Crippen molar-refractivity contribution in [1.29, 1.82) is 0 Å². The number of nitrogens with one attached hydrogen (secondary N) is 1. The van der Waals surface area contributed by atoms with Gasteiger partial charge in [0.1, 0.15) is 0 Å². The predicted octanol–water partition coefficient (Wildman–Crippen LogP) is 1.61. The van der Waals surface area contributed by atoms with Crippen LogP contribution in [0.2, 0.25) is 0 Å². The van der Waals surface area contributed by atoms with Crippen molar-refractivity contribution in [2.75, 3.05) is 19.6 Å². The third-order valence-electron chi connectivity index (χ3n) is 4.23. The number of nitrogens with two attached hydrogens (primary N) is 1. The van der Waals surface area contributed by atoms with Crippen molar-refractivity contribution in [2.24, 2.45) is 11.7 Å². The fourth-order valence-electron chi connectivity index (χ4n) is 2.52. The molecule has 0 spiro atoms. The first kappa shape index (κ1) is 20.9. The van der Waals surface area contributed by atoms with Crippen LogP contribution in [-0.2, 0) is 10.0 Å². The third-order valence-corrected chi connectivity index (χ3v) is 6.14. The highest BCUT2D eigenvalue weighted by molar-refractivity contribution is 7.89. The Balaban J connectivity index is 0.00000288. The Morgan fingerprint density at radius 2 is 1.83 bits per heavy atom. The summed E-state index contributed by atoms with van der Waals surface area (Å²) < 4.78 is 26.7. The molecule has 1 fully saturated rings. The van der Waals surface area contributed by atoms with Gasteiger partial charge in [-0.05, 0) is 49.9 Å². The number of sulfonamides is 1. The third kappa shape index (κ3) is 4.92. The van der Waals surface area contributed by atoms with Gasteiger partial charge in [-0.15, -0.1) is 12.4 Å². The number of hydrogen-bond donors (Lipinski definition) is 2. The molecule has 0 aliphatic carbocycles. The van der Waals surface area contributed by atoms with Crippen molar-refractivity contribution in [3.8, 4) is 0 Å². The second-order valence-corrected chi connectivity index (χ2v) is 8.16. The predicted molar refractivity (Wildman–Crippen MR) is 96.8 cm³/mol. The Morgan fingerprint density at radius 3 is 2.33 bits per heavy atom. The molecule has 0 saturated carbocycles. The Morgan fingerprint density at radius 1 is 1.29 bits per heavy atom. The van der Waals surface area contributed by atoms with E-state index < -0.39 is 10.0 Å². The van der Waals surface area contributed by atoms with Crippen LogP contribution in [-0.4, -0.2) is 44.3 Å². The van der Waals surface area contributed by atoms with E-state index in [-0.39, 0.29) is 29.3 Å². The van der Waals surface area contributed by atoms with Crippen molar-refractivity contribution in [3.05, 3.63) is 29.8 Å². The molecule has 0 radical (unpaired) electrons. The minimum absolute atomic E-state index is 0. The van der Waals surface area contributed by atoms with Gasteiger partial charge in [0.15, 0.2) is 0 Å². The topological polar surface area (TPSA) is 92.5 Å². The highest BCUT2D eigenvalue weighted by atomic mass is 35.5. The molecule has 8 heteroatoms. The molecule has 24 heavy (non-hydrogen) atoms. The Hall–Kier alpha value is -1.15. The SMILES string of the molecule is CC1CCN(S(=O)(=O)c2ccc(C(=O)N[C@@H](C)CN)cc2)CC1.Cl. The summed E-state index contributed by atoms with van der Waals surface area (Å²) in [6.07, 6.45) is 1.77. The van der Waals surface area contributed by atoms with Gasteiger partial charge in [-0.25, -0.2) is 8.42 Å². The number of hydrogen-bond acceptors (Lipinski definition) is 4. The summed E-state index contributed by atoms with van der Waals surface area (Å²) in [6, 6.07) is 5.95. The first-order valence-electron chi connectivity index (χ1n) is 7.95. The molecule has 2 rings (SSSR count). The van der Waals surface area contributed by atoms with Crippen molar-refractivity contribution >= 4 is 28.3 Å². The van der Waals surface area contributed by atoms with Gasteiger partial charge < -0.3 is 11.1 Å². The van der Waals surface area contributed by atoms with Crippen LogP contribution in [0.4, 0.5) is 0 Å². The fraction of sp³-hybridized carbons (Fsp3) is 0.562. The number of nitrogens with zero attached hydrogens (tertiary/aromatic N) is 1. The van der Waals surface area contributed by atoms with E-state index in [1.807, 2.05) is 6.92 Å². The molecule has 1 aliphatic heterocycles. The smallest absolute Gasteiger partial charge is 0.251 e. The van der Waals surface area contributed by atoms with Gasteiger partial charge in [0, 0.05) is 31.2 Å². The van der Waals surface area contributed by atoms with Crippen LogP contribution >= 0.6 is 12.4 Å². The van der Waals surface area contributed by atoms with E-state index in [9.17, 15) is 13.2 Å². The zero-order valence-corrected chi connectivity index (χ0v) is 15.7. The second kappa shape index (κ2) is 8.80. The minimum Gasteiger partial charge on any atom is -0.348 e. The highest BCUT2D eigenvalue weighted by Crippen LogP contribution is 2.23. The molecule has 0 bridgehead atoms. The maximum Gasteiger partial charge on any atom is 0.251 e. The van der Waals surface area contributed by atoms with Gasteiger partial charge in [-0.1, -0.05) is 6.92 Å². The van der Waals surface area contributed by atoms with Crippen LogP contribution in [0.3, 0.4) is 0 Å². The van der Waals surface area contributed by atoms with Crippen molar-refractivity contribution in [1.82, 2.24) is 9.62 Å². The number of piperidine rings is 1. The van der Waals surface area contributed by atoms with Gasteiger partial charge in [0.2, 0.25) is 10.0 Å². The summed E-state index contributed by atoms with van der Waals surface area (Å²) in [6.45, 7) is 5.42. The lowest BCUT2D eigenvalue weighted by molar-refractivity contribution is 0.0941. The van der Waals surface area contributed by atoms with Gasteiger partial charge in [-0.2, -0.15) is 4.31 Å². The molecule has 1 amide bonds. The molecule has 3 N–H and O–H groups in total. The van der Waals surface area contributed by atoms with Crippen molar-refractivity contribution in [3.63, 3.8) is 0 Å². The number of benzene rings is 1. The maximum absolute atomic E-state index is 12.6. The minimum atomic E-state index is -3.47. The summed E-state index contributed by atoms with van der Waals surface area (Å²) in [7, 11) is -3.47. The molecule has 0 aromatic heterocycles. The van der Waals surface area contributed by atoms with Crippen LogP contribution in [0.5, 0.6) is 0 Å². The van der Waals surface area contributed by atoms with E-state index in [1.54, 1.807) is 0 Å². The molecular weight excluding hydrogens is 350 g/mol. The lowest BCUT2D eigenvalue weighted by atomic mass is 10.0. The largest absolute Gasteiger partial charge is 0.348 e. The maximum atomic E-state index is 12.6. The Labute approximate surface area is 150 Å². The highest BCUT2D eigenvalue weighted by Gasteiger charge is 2.28. The molecule has 1 saturated heterocycles. The first-order valence-corrected chi connectivity index (χ1v) is 9.39. The summed E-state index contributed by atoms with van der Waals surface area (Å²) in [5.74, 6) is 0.316. The van der Waals surface area contributed by atoms with Gasteiger partial charge >= 0.3 is 0 Å². The quantitative estimate of drug-likeness (QED) is 0.817. The van der Waals surface area contributed by atoms with E-state index in [2.05, 4.69) is 12.2 Å². The van der Waals surface area contributed by atoms with E-state index >= 15 is 0 Å². The number of rotatable bonds is 5. The molecule has 0 unspecified atom stereocenters. The molecule has 6 nitrogen and oxygen atoms in total. The Kier molecular flexibility index (Phi) is 7.66. The summed E-state index contributed by atoms with van der Waals surface area (Å²) in [5, 5.41) is 2.75. The van der Waals surface area contributed by atoms with Gasteiger partial charge in [0.05, 0.1) is 4.90 Å². The standard InChI is InChI=1S/C16H25N3O3S.ClH/c1-12-7-9-19(10-8-12)23(21,22)15-5-3-14(4-6-15)16(20)18-13(2)11-17;/h3-6,12-13H,7-11,17H2,1-2H3,(H,18,20);1H/t13-;/m0./s1. The van der Waals surface area contributed by atoms with Crippen LogP contribution in [0, 0.1) is 5.92 Å². The molecule has 1 atom stereocenters. The average molecular weight is 376 g/mol. The fourth-order valence-corrected chi connectivity index (χ4v) is 3.99.